The molecule has 0 aromatic heterocycles. The molecule has 0 N–H and O–H groups in total. The third kappa shape index (κ3) is 3.25. The highest BCUT2D eigenvalue weighted by molar-refractivity contribution is 5.96. The Hall–Kier alpha value is -1.86. The van der Waals surface area contributed by atoms with Gasteiger partial charge in [0.05, 0.1) is 17.2 Å². The quantitative estimate of drug-likeness (QED) is 0.857. The highest BCUT2D eigenvalue weighted by atomic mass is 16.2. The lowest BCUT2D eigenvalue weighted by Gasteiger charge is -2.43. The maximum absolute atomic E-state index is 12.7. The summed E-state index contributed by atoms with van der Waals surface area (Å²) in [5.74, 6) is -0.0194. The van der Waals surface area contributed by atoms with E-state index in [4.69, 9.17) is 5.26 Å². The molecule has 0 unspecified atom stereocenters. The minimum Gasteiger partial charge on any atom is -0.336 e. The molecule has 1 aliphatic rings. The van der Waals surface area contributed by atoms with Crippen LogP contribution in [-0.4, -0.2) is 47.4 Å². The molecule has 112 valence electrons. The maximum Gasteiger partial charge on any atom is 0.255 e. The van der Waals surface area contributed by atoms with Crippen LogP contribution in [0.4, 0.5) is 0 Å². The minimum atomic E-state index is -0.0194. The van der Waals surface area contributed by atoms with E-state index in [1.165, 1.54) is 0 Å². The van der Waals surface area contributed by atoms with Gasteiger partial charge in [-0.1, -0.05) is 19.1 Å². The van der Waals surface area contributed by atoms with Crippen molar-refractivity contribution in [3.63, 3.8) is 0 Å². The molecule has 0 aliphatic carbocycles. The fraction of sp³-hybridized carbons (Fsp3) is 0.529. The fourth-order valence-corrected chi connectivity index (χ4v) is 3.03. The van der Waals surface area contributed by atoms with Crippen molar-refractivity contribution in [2.75, 3.05) is 19.6 Å². The van der Waals surface area contributed by atoms with Crippen LogP contribution in [0.3, 0.4) is 0 Å². The Morgan fingerprint density at radius 1 is 1.38 bits per heavy atom. The summed E-state index contributed by atoms with van der Waals surface area (Å²) in [7, 11) is 0. The second-order valence-corrected chi connectivity index (χ2v) is 5.80. The van der Waals surface area contributed by atoms with Crippen LogP contribution in [0.5, 0.6) is 0 Å². The predicted octanol–water partition coefficient (Wildman–Crippen LogP) is 2.50. The zero-order valence-electron chi connectivity index (χ0n) is 13.0. The van der Waals surface area contributed by atoms with Crippen molar-refractivity contribution in [3.8, 4) is 6.07 Å². The lowest BCUT2D eigenvalue weighted by Crippen LogP contribution is -2.56. The summed E-state index contributed by atoms with van der Waals surface area (Å²) in [4.78, 5) is 17.0. The summed E-state index contributed by atoms with van der Waals surface area (Å²) in [5, 5.41) is 9.15. The number of hydrogen-bond acceptors (Lipinski definition) is 3. The third-order valence-corrected chi connectivity index (χ3v) is 4.23. The average Bonchev–Trinajstić information content (AvgIpc) is 2.53. The van der Waals surface area contributed by atoms with E-state index in [-0.39, 0.29) is 5.91 Å². The predicted molar refractivity (Wildman–Crippen MR) is 83.0 cm³/mol. The van der Waals surface area contributed by atoms with E-state index in [0.717, 1.165) is 26.1 Å². The number of rotatable bonds is 3. The van der Waals surface area contributed by atoms with Crippen molar-refractivity contribution in [3.05, 3.63) is 35.4 Å². The molecule has 1 heterocycles. The van der Waals surface area contributed by atoms with Crippen LogP contribution in [0.1, 0.15) is 43.1 Å². The van der Waals surface area contributed by atoms with E-state index in [9.17, 15) is 4.79 Å². The van der Waals surface area contributed by atoms with Crippen molar-refractivity contribution in [1.82, 2.24) is 9.80 Å². The minimum absolute atomic E-state index is 0.0194. The normalized spacial score (nSPS) is 19.6. The van der Waals surface area contributed by atoms with Crippen molar-refractivity contribution >= 4 is 5.91 Å². The van der Waals surface area contributed by atoms with Crippen LogP contribution in [0.15, 0.2) is 24.3 Å². The number of carbonyl (C=O) groups is 1. The molecule has 4 heteroatoms. The van der Waals surface area contributed by atoms with Crippen LogP contribution in [-0.2, 0) is 0 Å². The first-order valence-electron chi connectivity index (χ1n) is 7.62. The number of nitriles is 1. The molecule has 1 atom stereocenters. The van der Waals surface area contributed by atoms with Gasteiger partial charge in [0.1, 0.15) is 0 Å². The van der Waals surface area contributed by atoms with E-state index in [1.807, 2.05) is 11.0 Å². The van der Waals surface area contributed by atoms with Crippen molar-refractivity contribution < 1.29 is 4.79 Å². The summed E-state index contributed by atoms with van der Waals surface area (Å²) in [6.07, 6.45) is 1.03. The van der Waals surface area contributed by atoms with E-state index in [2.05, 4.69) is 31.7 Å². The van der Waals surface area contributed by atoms with Gasteiger partial charge in [0.15, 0.2) is 0 Å². The van der Waals surface area contributed by atoms with Crippen molar-refractivity contribution in [1.29, 1.82) is 5.26 Å². The molecule has 21 heavy (non-hydrogen) atoms. The molecule has 0 radical (unpaired) electrons. The molecule has 0 bridgehead atoms. The largest absolute Gasteiger partial charge is 0.336 e. The lowest BCUT2D eigenvalue weighted by atomic mass is 10.0. The summed E-state index contributed by atoms with van der Waals surface area (Å²) in [6, 6.07) is 10.1. The summed E-state index contributed by atoms with van der Waals surface area (Å²) in [5.41, 5.74) is 0.981. The number of piperazine rings is 1. The zero-order chi connectivity index (χ0) is 15.4. The molecular weight excluding hydrogens is 262 g/mol. The molecule has 0 saturated carbocycles. The van der Waals surface area contributed by atoms with E-state index < -0.39 is 0 Å². The van der Waals surface area contributed by atoms with Gasteiger partial charge in [-0.3, -0.25) is 9.69 Å². The van der Waals surface area contributed by atoms with Crippen LogP contribution < -0.4 is 0 Å². The first-order valence-corrected chi connectivity index (χ1v) is 7.62. The van der Waals surface area contributed by atoms with Crippen LogP contribution in [0.25, 0.3) is 0 Å². The lowest BCUT2D eigenvalue weighted by molar-refractivity contribution is 0.0371. The number of benzene rings is 1. The first kappa shape index (κ1) is 15.5. The Bertz CT molecular complexity index is 547. The van der Waals surface area contributed by atoms with Crippen LogP contribution >= 0.6 is 0 Å². The van der Waals surface area contributed by atoms with E-state index in [1.54, 1.807) is 18.2 Å². The molecule has 2 rings (SSSR count). The summed E-state index contributed by atoms with van der Waals surface area (Å²) < 4.78 is 0. The zero-order valence-corrected chi connectivity index (χ0v) is 13.0. The van der Waals surface area contributed by atoms with Crippen LogP contribution in [0, 0.1) is 11.3 Å². The molecule has 1 aliphatic heterocycles. The monoisotopic (exact) mass is 285 g/mol. The third-order valence-electron chi connectivity index (χ3n) is 4.23. The Morgan fingerprint density at radius 3 is 2.71 bits per heavy atom. The van der Waals surface area contributed by atoms with Gasteiger partial charge in [-0.2, -0.15) is 5.26 Å². The van der Waals surface area contributed by atoms with Gasteiger partial charge in [-0.15, -0.1) is 0 Å². The first-order chi connectivity index (χ1) is 10.1. The highest BCUT2D eigenvalue weighted by Crippen LogP contribution is 2.19. The Kier molecular flexibility index (Phi) is 4.98. The summed E-state index contributed by atoms with van der Waals surface area (Å²) in [6.45, 7) is 8.94. The maximum atomic E-state index is 12.7. The number of carbonyl (C=O) groups excluding carboxylic acids is 1. The Labute approximate surface area is 127 Å². The molecule has 1 aromatic rings. The standard InChI is InChI=1S/C17H23N3O/c1-4-15-12-19(9-10-20(15)13(2)3)17(21)16-8-6-5-7-14(16)11-18/h5-8,13,15H,4,9-10,12H2,1-3H3/t15-/m0/s1. The molecule has 1 fully saturated rings. The number of nitrogens with zero attached hydrogens (tertiary/aromatic N) is 3. The van der Waals surface area contributed by atoms with Crippen molar-refractivity contribution in [2.24, 2.45) is 0 Å². The molecule has 0 spiro atoms. The van der Waals surface area contributed by atoms with Gasteiger partial charge in [0, 0.05) is 31.7 Å². The number of hydrogen-bond donors (Lipinski definition) is 0. The van der Waals surface area contributed by atoms with Gasteiger partial charge in [-0.25, -0.2) is 0 Å². The average molecular weight is 285 g/mol. The van der Waals surface area contributed by atoms with Gasteiger partial charge < -0.3 is 4.90 Å². The Morgan fingerprint density at radius 2 is 2.10 bits per heavy atom. The van der Waals surface area contributed by atoms with Gasteiger partial charge in [0.25, 0.3) is 5.91 Å². The topological polar surface area (TPSA) is 47.3 Å². The molecular formula is C17H23N3O. The highest BCUT2D eigenvalue weighted by Gasteiger charge is 2.30. The van der Waals surface area contributed by atoms with Gasteiger partial charge in [0.2, 0.25) is 0 Å². The molecule has 1 aromatic carbocycles. The second kappa shape index (κ2) is 6.73. The second-order valence-electron chi connectivity index (χ2n) is 5.80. The SMILES string of the molecule is CC[C@H]1CN(C(=O)c2ccccc2C#N)CCN1C(C)C. The van der Waals surface area contributed by atoms with Crippen LogP contribution in [0.2, 0.25) is 0 Å². The summed E-state index contributed by atoms with van der Waals surface area (Å²) >= 11 is 0. The van der Waals surface area contributed by atoms with E-state index >= 15 is 0 Å². The fourth-order valence-electron chi connectivity index (χ4n) is 3.03. The Balaban J connectivity index is 2.16. The van der Waals surface area contributed by atoms with Gasteiger partial charge >= 0.3 is 0 Å². The van der Waals surface area contributed by atoms with E-state index in [0.29, 0.717) is 23.2 Å². The molecule has 1 saturated heterocycles. The smallest absolute Gasteiger partial charge is 0.255 e. The van der Waals surface area contributed by atoms with Gasteiger partial charge in [-0.05, 0) is 32.4 Å². The molecule has 4 nitrogen and oxygen atoms in total. The van der Waals surface area contributed by atoms with Crippen molar-refractivity contribution in [2.45, 2.75) is 39.3 Å². The number of amides is 1. The molecule has 1 amide bonds.